The maximum atomic E-state index is 13.4. The monoisotopic (exact) mass is 378 g/mol. The SMILES string of the molecule is CCC/C=C1\SC[C@H]2[C@@H]1N(Cc1ccccc1)C(=O)N2Cc1ccccc1. The number of hydrogen-bond donors (Lipinski definition) is 0. The molecule has 0 saturated carbocycles. The molecule has 0 bridgehead atoms. The third-order valence-electron chi connectivity index (χ3n) is 5.33. The van der Waals surface area contributed by atoms with Crippen LogP contribution in [0.4, 0.5) is 4.79 Å². The zero-order chi connectivity index (χ0) is 18.6. The van der Waals surface area contributed by atoms with Crippen molar-refractivity contribution in [2.24, 2.45) is 0 Å². The van der Waals surface area contributed by atoms with Crippen molar-refractivity contribution in [1.82, 2.24) is 9.80 Å². The van der Waals surface area contributed by atoms with Gasteiger partial charge in [0.1, 0.15) is 0 Å². The molecule has 140 valence electrons. The summed E-state index contributed by atoms with van der Waals surface area (Å²) in [5, 5.41) is 0. The molecule has 2 saturated heterocycles. The Hall–Kier alpha value is -2.20. The zero-order valence-corrected chi connectivity index (χ0v) is 16.6. The van der Waals surface area contributed by atoms with Crippen LogP contribution in [0.15, 0.2) is 71.6 Å². The van der Waals surface area contributed by atoms with Gasteiger partial charge in [-0.3, -0.25) is 0 Å². The first-order valence-corrected chi connectivity index (χ1v) is 10.7. The highest BCUT2D eigenvalue weighted by molar-refractivity contribution is 8.03. The minimum absolute atomic E-state index is 0.167. The van der Waals surface area contributed by atoms with E-state index in [1.54, 1.807) is 0 Å². The third kappa shape index (κ3) is 3.77. The molecule has 4 heteroatoms. The molecule has 2 aromatic rings. The predicted molar refractivity (Wildman–Crippen MR) is 112 cm³/mol. The van der Waals surface area contributed by atoms with Crippen LogP contribution in [0.25, 0.3) is 0 Å². The molecule has 0 N–H and O–H groups in total. The van der Waals surface area contributed by atoms with Gasteiger partial charge in [0.2, 0.25) is 0 Å². The topological polar surface area (TPSA) is 23.6 Å². The van der Waals surface area contributed by atoms with Crippen molar-refractivity contribution < 1.29 is 4.79 Å². The van der Waals surface area contributed by atoms with Crippen LogP contribution >= 0.6 is 11.8 Å². The van der Waals surface area contributed by atoms with Gasteiger partial charge in [-0.1, -0.05) is 80.1 Å². The molecule has 2 aliphatic heterocycles. The summed E-state index contributed by atoms with van der Waals surface area (Å²) < 4.78 is 0. The number of carbonyl (C=O) groups is 1. The summed E-state index contributed by atoms with van der Waals surface area (Å²) in [5.41, 5.74) is 2.39. The Labute approximate surface area is 166 Å². The fraction of sp³-hybridized carbons (Fsp3) is 0.348. The average molecular weight is 379 g/mol. The van der Waals surface area contributed by atoms with E-state index < -0.39 is 0 Å². The summed E-state index contributed by atoms with van der Waals surface area (Å²) in [6, 6.07) is 21.3. The van der Waals surface area contributed by atoms with Crippen LogP contribution in [-0.4, -0.2) is 33.7 Å². The summed E-state index contributed by atoms with van der Waals surface area (Å²) in [7, 11) is 0. The molecular formula is C23H26N2OS. The van der Waals surface area contributed by atoms with Crippen LogP contribution < -0.4 is 0 Å². The summed E-state index contributed by atoms with van der Waals surface area (Å²) in [6.07, 6.45) is 4.58. The lowest BCUT2D eigenvalue weighted by molar-refractivity contribution is 0.183. The number of allylic oxidation sites excluding steroid dienone is 1. The Morgan fingerprint density at radius 3 is 2.15 bits per heavy atom. The molecule has 2 aliphatic rings. The number of rotatable bonds is 6. The van der Waals surface area contributed by atoms with Gasteiger partial charge >= 0.3 is 6.03 Å². The van der Waals surface area contributed by atoms with E-state index in [9.17, 15) is 4.79 Å². The number of hydrogen-bond acceptors (Lipinski definition) is 2. The third-order valence-corrected chi connectivity index (χ3v) is 6.58. The van der Waals surface area contributed by atoms with Crippen molar-refractivity contribution in [1.29, 1.82) is 0 Å². The summed E-state index contributed by atoms with van der Waals surface area (Å²) in [6.45, 7) is 3.57. The number of thioether (sulfide) groups is 1. The van der Waals surface area contributed by atoms with Crippen molar-refractivity contribution in [3.05, 3.63) is 82.8 Å². The number of benzene rings is 2. The molecule has 2 aromatic carbocycles. The summed E-state index contributed by atoms with van der Waals surface area (Å²) in [4.78, 5) is 18.9. The lowest BCUT2D eigenvalue weighted by atomic mass is 10.1. The highest BCUT2D eigenvalue weighted by Crippen LogP contribution is 2.43. The van der Waals surface area contributed by atoms with Crippen LogP contribution in [0.3, 0.4) is 0 Å². The van der Waals surface area contributed by atoms with Crippen LogP contribution in [0.1, 0.15) is 30.9 Å². The first-order chi connectivity index (χ1) is 13.3. The van der Waals surface area contributed by atoms with Crippen molar-refractivity contribution >= 4 is 17.8 Å². The lowest BCUT2D eigenvalue weighted by Crippen LogP contribution is -2.35. The number of nitrogens with zero attached hydrogens (tertiary/aromatic N) is 2. The highest BCUT2D eigenvalue weighted by Gasteiger charge is 2.50. The van der Waals surface area contributed by atoms with Gasteiger partial charge in [-0.2, -0.15) is 0 Å². The first kappa shape index (κ1) is 18.2. The van der Waals surface area contributed by atoms with E-state index in [0.29, 0.717) is 13.1 Å². The Morgan fingerprint density at radius 1 is 0.963 bits per heavy atom. The Kier molecular flexibility index (Phi) is 5.53. The van der Waals surface area contributed by atoms with E-state index in [2.05, 4.69) is 47.1 Å². The van der Waals surface area contributed by atoms with E-state index >= 15 is 0 Å². The minimum Gasteiger partial charge on any atom is -0.314 e. The Balaban J connectivity index is 1.62. The van der Waals surface area contributed by atoms with Crippen LogP contribution in [-0.2, 0) is 13.1 Å². The molecule has 2 heterocycles. The fourth-order valence-electron chi connectivity index (χ4n) is 3.97. The molecule has 0 radical (unpaired) electrons. The Bertz CT molecular complexity index is 806. The second kappa shape index (κ2) is 8.22. The largest absolute Gasteiger partial charge is 0.321 e. The standard InChI is InChI=1S/C23H26N2OS/c1-2-3-14-21-22-20(17-27-21)24(15-18-10-6-4-7-11-18)23(26)25(22)16-19-12-8-5-9-13-19/h4-14,20,22H,2-3,15-17H2,1H3/b21-14-/t20-,22-/m0/s1. The maximum Gasteiger partial charge on any atom is 0.321 e. The Morgan fingerprint density at radius 2 is 1.56 bits per heavy atom. The lowest BCUT2D eigenvalue weighted by Gasteiger charge is -2.23. The van der Waals surface area contributed by atoms with Crippen molar-refractivity contribution in [3.8, 4) is 0 Å². The van der Waals surface area contributed by atoms with E-state index in [0.717, 1.165) is 18.6 Å². The van der Waals surface area contributed by atoms with Gasteiger partial charge in [0.05, 0.1) is 12.1 Å². The van der Waals surface area contributed by atoms with Crippen molar-refractivity contribution in [2.45, 2.75) is 44.9 Å². The smallest absolute Gasteiger partial charge is 0.314 e. The van der Waals surface area contributed by atoms with Crippen molar-refractivity contribution in [3.63, 3.8) is 0 Å². The van der Waals surface area contributed by atoms with Gasteiger partial charge in [0, 0.05) is 23.7 Å². The maximum absolute atomic E-state index is 13.4. The second-order valence-electron chi connectivity index (χ2n) is 7.23. The van der Waals surface area contributed by atoms with Gasteiger partial charge in [0.25, 0.3) is 0 Å². The van der Waals surface area contributed by atoms with Gasteiger partial charge < -0.3 is 9.80 Å². The number of urea groups is 1. The van der Waals surface area contributed by atoms with Gasteiger partial charge in [-0.15, -0.1) is 11.8 Å². The predicted octanol–water partition coefficient (Wildman–Crippen LogP) is 5.29. The van der Waals surface area contributed by atoms with E-state index in [1.165, 1.54) is 16.0 Å². The molecule has 2 fully saturated rings. The van der Waals surface area contributed by atoms with E-state index in [4.69, 9.17) is 0 Å². The zero-order valence-electron chi connectivity index (χ0n) is 15.8. The molecule has 0 spiro atoms. The number of carbonyl (C=O) groups excluding carboxylic acids is 1. The number of unbranched alkanes of at least 4 members (excludes halogenated alkanes) is 1. The molecule has 0 unspecified atom stereocenters. The van der Waals surface area contributed by atoms with Crippen LogP contribution in [0.5, 0.6) is 0 Å². The molecule has 2 atom stereocenters. The average Bonchev–Trinajstić information content (AvgIpc) is 3.22. The normalized spacial score (nSPS) is 23.3. The number of amides is 2. The van der Waals surface area contributed by atoms with Gasteiger partial charge in [-0.05, 0) is 17.5 Å². The molecule has 4 rings (SSSR count). The molecule has 3 nitrogen and oxygen atoms in total. The molecule has 2 amide bonds. The van der Waals surface area contributed by atoms with Crippen molar-refractivity contribution in [2.75, 3.05) is 5.75 Å². The minimum atomic E-state index is 0.167. The molecule has 0 aromatic heterocycles. The fourth-order valence-corrected chi connectivity index (χ4v) is 5.39. The highest BCUT2D eigenvalue weighted by atomic mass is 32.2. The van der Waals surface area contributed by atoms with Gasteiger partial charge in [0.15, 0.2) is 0 Å². The van der Waals surface area contributed by atoms with Crippen LogP contribution in [0.2, 0.25) is 0 Å². The quantitative estimate of drug-likeness (QED) is 0.638. The molecular weight excluding hydrogens is 352 g/mol. The van der Waals surface area contributed by atoms with E-state index in [1.807, 2.05) is 48.2 Å². The summed E-state index contributed by atoms with van der Waals surface area (Å²) in [5.74, 6) is 0.990. The molecule has 27 heavy (non-hydrogen) atoms. The summed E-state index contributed by atoms with van der Waals surface area (Å²) >= 11 is 1.93. The molecule has 0 aliphatic carbocycles. The van der Waals surface area contributed by atoms with E-state index in [-0.39, 0.29) is 18.1 Å². The number of fused-ring (bicyclic) bond motifs is 1. The van der Waals surface area contributed by atoms with Gasteiger partial charge in [-0.25, -0.2) is 4.79 Å². The van der Waals surface area contributed by atoms with Crippen LogP contribution in [0, 0.1) is 0 Å². The first-order valence-electron chi connectivity index (χ1n) is 9.76. The second-order valence-corrected chi connectivity index (χ2v) is 8.32.